The molecule has 122 valence electrons. The summed E-state index contributed by atoms with van der Waals surface area (Å²) in [5.41, 5.74) is 1.81. The third kappa shape index (κ3) is 3.33. The molecule has 1 aliphatic rings. The van der Waals surface area contributed by atoms with Crippen LogP contribution in [-0.2, 0) is 0 Å². The van der Waals surface area contributed by atoms with Crippen molar-refractivity contribution in [3.05, 3.63) is 41.5 Å². The fourth-order valence-corrected chi connectivity index (χ4v) is 3.03. The van der Waals surface area contributed by atoms with E-state index < -0.39 is 5.82 Å². The second kappa shape index (κ2) is 6.36. The van der Waals surface area contributed by atoms with Crippen LogP contribution in [0.5, 0.6) is 0 Å². The average molecular weight is 317 g/mol. The number of rotatable bonds is 2. The Morgan fingerprint density at radius 3 is 2.91 bits per heavy atom. The van der Waals surface area contributed by atoms with Gasteiger partial charge in [0, 0.05) is 19.3 Å². The number of benzene rings is 1. The minimum absolute atomic E-state index is 0.112. The first-order valence-electron chi connectivity index (χ1n) is 7.73. The molecule has 2 heterocycles. The molecule has 0 saturated carbocycles. The van der Waals surface area contributed by atoms with Crippen LogP contribution < -0.4 is 5.32 Å². The number of hydrogen-bond donors (Lipinski definition) is 1. The Labute approximate surface area is 134 Å². The minimum atomic E-state index is -0.402. The molecular formula is C16H20FN5O. The quantitative estimate of drug-likeness (QED) is 0.926. The van der Waals surface area contributed by atoms with E-state index in [-0.39, 0.29) is 17.8 Å². The molecule has 1 N–H and O–H groups in total. The summed E-state index contributed by atoms with van der Waals surface area (Å²) in [6.07, 6.45) is 5.26. The molecule has 0 aliphatic carbocycles. The van der Waals surface area contributed by atoms with Crippen LogP contribution in [0.25, 0.3) is 0 Å². The van der Waals surface area contributed by atoms with Crippen LogP contribution >= 0.6 is 0 Å². The number of amides is 2. The van der Waals surface area contributed by atoms with Gasteiger partial charge in [-0.25, -0.2) is 13.9 Å². The molecule has 1 fully saturated rings. The van der Waals surface area contributed by atoms with Gasteiger partial charge in [0.15, 0.2) is 0 Å². The molecule has 1 aliphatic heterocycles. The van der Waals surface area contributed by atoms with E-state index in [1.165, 1.54) is 6.07 Å². The highest BCUT2D eigenvalue weighted by atomic mass is 19.1. The number of aryl methyl sites for hydroxylation is 2. The van der Waals surface area contributed by atoms with Crippen molar-refractivity contribution in [2.75, 3.05) is 18.4 Å². The number of aromatic nitrogens is 3. The predicted octanol–water partition coefficient (Wildman–Crippen LogP) is 2.90. The Morgan fingerprint density at radius 1 is 1.39 bits per heavy atom. The van der Waals surface area contributed by atoms with Crippen LogP contribution in [0.4, 0.5) is 14.9 Å². The van der Waals surface area contributed by atoms with Crippen molar-refractivity contribution < 1.29 is 9.18 Å². The van der Waals surface area contributed by atoms with Gasteiger partial charge in [-0.3, -0.25) is 0 Å². The lowest BCUT2D eigenvalue weighted by atomic mass is 10.1. The first kappa shape index (κ1) is 15.5. The third-order valence-electron chi connectivity index (χ3n) is 4.16. The Balaban J connectivity index is 1.71. The predicted molar refractivity (Wildman–Crippen MR) is 84.8 cm³/mol. The molecule has 7 heteroatoms. The van der Waals surface area contributed by atoms with Crippen molar-refractivity contribution in [1.29, 1.82) is 0 Å². The van der Waals surface area contributed by atoms with Crippen molar-refractivity contribution in [1.82, 2.24) is 19.9 Å². The lowest BCUT2D eigenvalue weighted by Gasteiger charge is -2.32. The summed E-state index contributed by atoms with van der Waals surface area (Å²) >= 11 is 0. The molecule has 2 amide bonds. The number of urea groups is 1. The fraction of sp³-hybridized carbons (Fsp3) is 0.438. The van der Waals surface area contributed by atoms with E-state index in [1.807, 2.05) is 13.0 Å². The number of likely N-dealkylation sites (tertiary alicyclic amines) is 1. The van der Waals surface area contributed by atoms with Gasteiger partial charge in [-0.05, 0) is 43.9 Å². The summed E-state index contributed by atoms with van der Waals surface area (Å²) in [6.45, 7) is 4.82. The van der Waals surface area contributed by atoms with E-state index in [2.05, 4.69) is 15.6 Å². The van der Waals surface area contributed by atoms with E-state index in [9.17, 15) is 9.18 Å². The van der Waals surface area contributed by atoms with Gasteiger partial charge in [0.25, 0.3) is 0 Å². The number of nitrogens with one attached hydrogen (secondary N) is 1. The van der Waals surface area contributed by atoms with Crippen LogP contribution in [0.1, 0.15) is 30.0 Å². The molecule has 23 heavy (non-hydrogen) atoms. The summed E-state index contributed by atoms with van der Waals surface area (Å²) < 4.78 is 15.9. The van der Waals surface area contributed by atoms with Gasteiger partial charge in [-0.2, -0.15) is 0 Å². The zero-order valence-electron chi connectivity index (χ0n) is 13.3. The van der Waals surface area contributed by atoms with Gasteiger partial charge >= 0.3 is 6.03 Å². The highest BCUT2D eigenvalue weighted by Gasteiger charge is 2.26. The number of piperidine rings is 1. The van der Waals surface area contributed by atoms with Crippen molar-refractivity contribution in [3.8, 4) is 0 Å². The van der Waals surface area contributed by atoms with E-state index in [0.29, 0.717) is 13.1 Å². The maximum Gasteiger partial charge on any atom is 0.322 e. The molecule has 0 unspecified atom stereocenters. The number of anilines is 1. The van der Waals surface area contributed by atoms with Crippen LogP contribution in [0.2, 0.25) is 0 Å². The zero-order chi connectivity index (χ0) is 16.4. The van der Waals surface area contributed by atoms with E-state index >= 15 is 0 Å². The lowest BCUT2D eigenvalue weighted by molar-refractivity contribution is 0.174. The van der Waals surface area contributed by atoms with Crippen LogP contribution in [-0.4, -0.2) is 39.0 Å². The Bertz CT molecular complexity index is 677. The van der Waals surface area contributed by atoms with Gasteiger partial charge in [0.05, 0.1) is 17.9 Å². The molecule has 6 nitrogen and oxygen atoms in total. The molecule has 1 aromatic carbocycles. The third-order valence-corrected chi connectivity index (χ3v) is 4.16. The number of halogens is 1. The summed E-state index contributed by atoms with van der Waals surface area (Å²) in [5.74, 6) is -0.402. The monoisotopic (exact) mass is 317 g/mol. The molecular weight excluding hydrogens is 297 g/mol. The van der Waals surface area contributed by atoms with Crippen molar-refractivity contribution in [3.63, 3.8) is 0 Å². The van der Waals surface area contributed by atoms with Crippen LogP contribution in [0.15, 0.2) is 24.5 Å². The number of carbonyl (C=O) groups is 1. The van der Waals surface area contributed by atoms with Crippen molar-refractivity contribution in [2.24, 2.45) is 0 Å². The fourth-order valence-electron chi connectivity index (χ4n) is 3.03. The lowest BCUT2D eigenvalue weighted by Crippen LogP contribution is -2.43. The first-order chi connectivity index (χ1) is 11.0. The maximum atomic E-state index is 14.1. The topological polar surface area (TPSA) is 63.1 Å². The second-order valence-electron chi connectivity index (χ2n) is 5.99. The zero-order valence-corrected chi connectivity index (χ0v) is 13.3. The Morgan fingerprint density at radius 2 is 2.22 bits per heavy atom. The van der Waals surface area contributed by atoms with E-state index in [1.54, 1.807) is 28.9 Å². The van der Waals surface area contributed by atoms with Crippen molar-refractivity contribution in [2.45, 2.75) is 32.7 Å². The largest absolute Gasteiger partial charge is 0.322 e. The molecule has 1 saturated heterocycles. The van der Waals surface area contributed by atoms with Gasteiger partial charge in [0.2, 0.25) is 0 Å². The standard InChI is InChI=1S/C16H20FN5O/c1-11-8-12(2)15(14(17)9-11)19-16(23)21-6-3-4-13(10-21)22-7-5-18-20-22/h5,7-9,13H,3-4,6,10H2,1-2H3,(H,19,23)/t13-/m1/s1. The van der Waals surface area contributed by atoms with Gasteiger partial charge in [-0.15, -0.1) is 5.10 Å². The average Bonchev–Trinajstić information content (AvgIpc) is 3.05. The molecule has 1 atom stereocenters. The summed E-state index contributed by atoms with van der Waals surface area (Å²) in [5, 5.41) is 10.5. The van der Waals surface area contributed by atoms with E-state index in [4.69, 9.17) is 0 Å². The number of hydrogen-bond acceptors (Lipinski definition) is 3. The number of carbonyl (C=O) groups excluding carboxylic acids is 1. The summed E-state index contributed by atoms with van der Waals surface area (Å²) in [7, 11) is 0. The molecule has 0 bridgehead atoms. The maximum absolute atomic E-state index is 14.1. The van der Waals surface area contributed by atoms with Crippen LogP contribution in [0, 0.1) is 19.7 Å². The molecule has 1 aromatic heterocycles. The summed E-state index contributed by atoms with van der Waals surface area (Å²) in [4.78, 5) is 14.2. The SMILES string of the molecule is Cc1cc(C)c(NC(=O)N2CCC[C@@H](n3ccnn3)C2)c(F)c1. The Kier molecular flexibility index (Phi) is 4.27. The highest BCUT2D eigenvalue weighted by Crippen LogP contribution is 2.24. The van der Waals surface area contributed by atoms with Gasteiger partial charge in [-0.1, -0.05) is 11.3 Å². The molecule has 2 aromatic rings. The first-order valence-corrected chi connectivity index (χ1v) is 7.73. The second-order valence-corrected chi connectivity index (χ2v) is 5.99. The highest BCUT2D eigenvalue weighted by molar-refractivity contribution is 5.90. The van der Waals surface area contributed by atoms with Gasteiger partial charge in [0.1, 0.15) is 5.82 Å². The smallest absolute Gasteiger partial charge is 0.322 e. The minimum Gasteiger partial charge on any atom is -0.322 e. The van der Waals surface area contributed by atoms with Crippen LogP contribution in [0.3, 0.4) is 0 Å². The van der Waals surface area contributed by atoms with Gasteiger partial charge < -0.3 is 10.2 Å². The molecule has 3 rings (SSSR count). The molecule has 0 spiro atoms. The summed E-state index contributed by atoms with van der Waals surface area (Å²) in [6, 6.07) is 3.12. The Hall–Kier alpha value is -2.44. The van der Waals surface area contributed by atoms with Crippen molar-refractivity contribution >= 4 is 11.7 Å². The normalized spacial score (nSPS) is 18.0. The molecule has 0 radical (unpaired) electrons. The van der Waals surface area contributed by atoms with E-state index in [0.717, 1.165) is 24.0 Å². The number of nitrogens with zero attached hydrogens (tertiary/aromatic N) is 4.